The van der Waals surface area contributed by atoms with E-state index in [1.165, 1.54) is 46.8 Å². The first-order chi connectivity index (χ1) is 15.8. The number of carbonyl (C=O) groups is 3. The summed E-state index contributed by atoms with van der Waals surface area (Å²) in [7, 11) is -3.59. The molecular formula is C22H23N3O7S. The van der Waals surface area contributed by atoms with E-state index in [2.05, 4.69) is 5.32 Å². The summed E-state index contributed by atoms with van der Waals surface area (Å²) < 4.78 is 36.7. The van der Waals surface area contributed by atoms with Gasteiger partial charge in [-0.2, -0.15) is 4.31 Å². The molecule has 11 heteroatoms. The van der Waals surface area contributed by atoms with E-state index < -0.39 is 34.4 Å². The topological polar surface area (TPSA) is 145 Å². The van der Waals surface area contributed by atoms with Gasteiger partial charge in [-0.15, -0.1) is 0 Å². The van der Waals surface area contributed by atoms with E-state index >= 15 is 0 Å². The van der Waals surface area contributed by atoms with Gasteiger partial charge in [0.2, 0.25) is 15.9 Å². The van der Waals surface area contributed by atoms with Crippen molar-refractivity contribution in [2.45, 2.75) is 4.90 Å². The lowest BCUT2D eigenvalue weighted by Gasteiger charge is -2.26. The van der Waals surface area contributed by atoms with Crippen molar-refractivity contribution in [3.63, 3.8) is 0 Å². The van der Waals surface area contributed by atoms with Gasteiger partial charge >= 0.3 is 5.97 Å². The molecule has 0 saturated carbocycles. The maximum atomic E-state index is 12.6. The average Bonchev–Trinajstić information content (AvgIpc) is 2.82. The zero-order chi connectivity index (χ0) is 23.8. The molecule has 0 spiro atoms. The van der Waals surface area contributed by atoms with Gasteiger partial charge in [0.25, 0.3) is 5.91 Å². The summed E-state index contributed by atoms with van der Waals surface area (Å²) in [4.78, 5) is 35.0. The predicted octanol–water partition coefficient (Wildman–Crippen LogP) is 1.00. The number of benzene rings is 2. The van der Waals surface area contributed by atoms with Gasteiger partial charge in [-0.05, 0) is 48.0 Å². The van der Waals surface area contributed by atoms with E-state index in [0.29, 0.717) is 43.1 Å². The summed E-state index contributed by atoms with van der Waals surface area (Å²) in [5.41, 5.74) is 6.46. The number of carbonyl (C=O) groups excluding carboxylic acids is 3. The van der Waals surface area contributed by atoms with Crippen LogP contribution in [0.25, 0.3) is 6.08 Å². The van der Waals surface area contributed by atoms with Crippen LogP contribution in [0, 0.1) is 0 Å². The van der Waals surface area contributed by atoms with Gasteiger partial charge < -0.3 is 20.5 Å². The van der Waals surface area contributed by atoms with Gasteiger partial charge in [-0.1, -0.05) is 12.1 Å². The van der Waals surface area contributed by atoms with E-state index in [0.717, 1.165) is 6.08 Å². The van der Waals surface area contributed by atoms with Crippen LogP contribution >= 0.6 is 0 Å². The van der Waals surface area contributed by atoms with E-state index in [4.69, 9.17) is 15.2 Å². The Hall–Kier alpha value is -3.54. The second kappa shape index (κ2) is 10.9. The molecule has 2 amide bonds. The van der Waals surface area contributed by atoms with Crippen molar-refractivity contribution < 1.29 is 32.3 Å². The largest absolute Gasteiger partial charge is 0.452 e. The quantitative estimate of drug-likeness (QED) is 0.430. The van der Waals surface area contributed by atoms with Crippen LogP contribution in [0.3, 0.4) is 0 Å². The number of primary amides is 1. The van der Waals surface area contributed by atoms with E-state index in [1.807, 2.05) is 0 Å². The van der Waals surface area contributed by atoms with E-state index in [9.17, 15) is 22.8 Å². The lowest BCUT2D eigenvalue weighted by atomic mass is 10.2. The molecular weight excluding hydrogens is 450 g/mol. The molecule has 0 bridgehead atoms. The molecule has 0 unspecified atom stereocenters. The molecule has 1 heterocycles. The summed E-state index contributed by atoms with van der Waals surface area (Å²) >= 11 is 0. The van der Waals surface area contributed by atoms with Crippen LogP contribution in [-0.2, 0) is 29.1 Å². The summed E-state index contributed by atoms with van der Waals surface area (Å²) in [5.74, 6) is -1.87. The predicted molar refractivity (Wildman–Crippen MR) is 120 cm³/mol. The fourth-order valence-corrected chi connectivity index (χ4v) is 4.36. The Morgan fingerprint density at radius 1 is 1.03 bits per heavy atom. The van der Waals surface area contributed by atoms with Crippen LogP contribution in [0.5, 0.6) is 0 Å². The molecule has 2 aromatic carbocycles. The number of anilines is 1. The summed E-state index contributed by atoms with van der Waals surface area (Å²) in [6.07, 6.45) is 2.59. The van der Waals surface area contributed by atoms with Crippen molar-refractivity contribution in [1.29, 1.82) is 0 Å². The van der Waals surface area contributed by atoms with Crippen LogP contribution in [0.15, 0.2) is 59.5 Å². The third-order valence-corrected chi connectivity index (χ3v) is 6.61. The summed E-state index contributed by atoms with van der Waals surface area (Å²) in [6, 6.07) is 12.0. The lowest BCUT2D eigenvalue weighted by Crippen LogP contribution is -2.40. The Morgan fingerprint density at radius 3 is 2.27 bits per heavy atom. The van der Waals surface area contributed by atoms with Crippen molar-refractivity contribution in [2.24, 2.45) is 5.73 Å². The molecule has 0 aromatic heterocycles. The number of hydrogen-bond acceptors (Lipinski definition) is 7. The average molecular weight is 474 g/mol. The third-order valence-electron chi connectivity index (χ3n) is 4.70. The number of rotatable bonds is 8. The van der Waals surface area contributed by atoms with Crippen LogP contribution in [0.4, 0.5) is 5.69 Å². The minimum absolute atomic E-state index is 0.157. The molecule has 0 atom stereocenters. The number of ether oxygens (including phenoxy) is 2. The number of esters is 1. The SMILES string of the molecule is NC(=O)c1ccc(NC(=O)COC(=O)/C=C/c2ccc(S(=O)(=O)N3CCOCC3)cc2)cc1. The van der Waals surface area contributed by atoms with Crippen molar-refractivity contribution in [2.75, 3.05) is 38.2 Å². The molecule has 2 aromatic rings. The van der Waals surface area contributed by atoms with Crippen molar-refractivity contribution in [1.82, 2.24) is 4.31 Å². The number of sulfonamides is 1. The third kappa shape index (κ3) is 6.72. The van der Waals surface area contributed by atoms with E-state index in [-0.39, 0.29) is 4.90 Å². The summed E-state index contributed by atoms with van der Waals surface area (Å²) in [5, 5.41) is 2.52. The Labute approximate surface area is 191 Å². The zero-order valence-corrected chi connectivity index (χ0v) is 18.4. The number of hydrogen-bond donors (Lipinski definition) is 2. The monoisotopic (exact) mass is 473 g/mol. The molecule has 174 valence electrons. The van der Waals surface area contributed by atoms with Gasteiger partial charge in [-0.3, -0.25) is 9.59 Å². The highest BCUT2D eigenvalue weighted by molar-refractivity contribution is 7.89. The molecule has 1 aliphatic heterocycles. The maximum Gasteiger partial charge on any atom is 0.331 e. The zero-order valence-electron chi connectivity index (χ0n) is 17.6. The first-order valence-electron chi connectivity index (χ1n) is 9.98. The Morgan fingerprint density at radius 2 is 1.67 bits per heavy atom. The maximum absolute atomic E-state index is 12.6. The number of amides is 2. The van der Waals surface area contributed by atoms with Crippen LogP contribution in [0.2, 0.25) is 0 Å². The number of nitrogens with two attached hydrogens (primary N) is 1. The molecule has 0 aliphatic carbocycles. The molecule has 0 radical (unpaired) electrons. The Balaban J connectivity index is 1.48. The fraction of sp³-hybridized carbons (Fsp3) is 0.227. The first kappa shape index (κ1) is 24.1. The molecule has 1 aliphatic rings. The van der Waals surface area contributed by atoms with Crippen LogP contribution in [0.1, 0.15) is 15.9 Å². The van der Waals surface area contributed by atoms with Crippen LogP contribution in [-0.4, -0.2) is 63.4 Å². The second-order valence-corrected chi connectivity index (χ2v) is 8.95. The minimum atomic E-state index is -3.59. The lowest BCUT2D eigenvalue weighted by molar-refractivity contribution is -0.142. The standard InChI is InChI=1S/C22H23N3O7S/c23-22(28)17-4-6-18(7-5-17)24-20(26)15-32-21(27)10-3-16-1-8-19(9-2-16)33(29,30)25-11-13-31-14-12-25/h1-10H,11-15H2,(H2,23,28)(H,24,26)/b10-3+. The van der Waals surface area contributed by atoms with Crippen molar-refractivity contribution >= 4 is 39.6 Å². The second-order valence-electron chi connectivity index (χ2n) is 7.02. The normalized spacial score (nSPS) is 14.7. The van der Waals surface area contributed by atoms with Gasteiger partial charge in [0.05, 0.1) is 18.1 Å². The molecule has 3 N–H and O–H groups in total. The van der Waals surface area contributed by atoms with Crippen LogP contribution < -0.4 is 11.1 Å². The highest BCUT2D eigenvalue weighted by Crippen LogP contribution is 2.18. The van der Waals surface area contributed by atoms with Gasteiger partial charge in [0.1, 0.15) is 0 Å². The number of nitrogens with one attached hydrogen (secondary N) is 1. The fourth-order valence-electron chi connectivity index (χ4n) is 2.95. The number of morpholine rings is 1. The highest BCUT2D eigenvalue weighted by Gasteiger charge is 2.25. The van der Waals surface area contributed by atoms with Crippen molar-refractivity contribution in [3.05, 3.63) is 65.7 Å². The molecule has 10 nitrogen and oxygen atoms in total. The first-order valence-corrected chi connectivity index (χ1v) is 11.4. The van der Waals surface area contributed by atoms with Gasteiger partial charge in [0, 0.05) is 30.4 Å². The molecule has 1 fully saturated rings. The van der Waals surface area contributed by atoms with E-state index in [1.54, 1.807) is 12.1 Å². The highest BCUT2D eigenvalue weighted by atomic mass is 32.2. The number of nitrogens with zero attached hydrogens (tertiary/aromatic N) is 1. The molecule has 1 saturated heterocycles. The Bertz CT molecular complexity index is 1140. The van der Waals surface area contributed by atoms with Crippen molar-refractivity contribution in [3.8, 4) is 0 Å². The van der Waals surface area contributed by atoms with Gasteiger partial charge in [-0.25, -0.2) is 13.2 Å². The molecule has 3 rings (SSSR count). The Kier molecular flexibility index (Phi) is 7.93. The van der Waals surface area contributed by atoms with Gasteiger partial charge in [0.15, 0.2) is 6.61 Å². The smallest absolute Gasteiger partial charge is 0.331 e. The summed E-state index contributed by atoms with van der Waals surface area (Å²) in [6.45, 7) is 0.838. The minimum Gasteiger partial charge on any atom is -0.452 e. The molecule has 33 heavy (non-hydrogen) atoms.